The molecular formula is C17H19ClN4O4. The first-order valence-corrected chi connectivity index (χ1v) is 8.75. The minimum absolute atomic E-state index is 0.108. The number of aromatic nitrogens is 2. The van der Waals surface area contributed by atoms with Gasteiger partial charge in [-0.25, -0.2) is 9.78 Å². The molecule has 0 saturated heterocycles. The number of hydrogen-bond acceptors (Lipinski definition) is 5. The molecule has 2 aromatic rings. The molecule has 0 fully saturated rings. The summed E-state index contributed by atoms with van der Waals surface area (Å²) in [5, 5.41) is 3.11. The van der Waals surface area contributed by atoms with E-state index in [0.29, 0.717) is 41.5 Å². The summed E-state index contributed by atoms with van der Waals surface area (Å²) in [6.07, 6.45) is 2.12. The summed E-state index contributed by atoms with van der Waals surface area (Å²) in [5.74, 6) is -0.359. The van der Waals surface area contributed by atoms with Gasteiger partial charge >= 0.3 is 12.0 Å². The van der Waals surface area contributed by atoms with Crippen LogP contribution in [0.3, 0.4) is 0 Å². The number of amides is 2. The average molecular weight is 379 g/mol. The van der Waals surface area contributed by atoms with Crippen molar-refractivity contribution >= 4 is 29.2 Å². The monoisotopic (exact) mass is 378 g/mol. The number of ether oxygens (including phenoxy) is 1. The third-order valence-corrected chi connectivity index (χ3v) is 4.35. The van der Waals surface area contributed by atoms with E-state index in [2.05, 4.69) is 10.3 Å². The second-order valence-electron chi connectivity index (χ2n) is 5.88. The molecular weight excluding hydrogens is 360 g/mol. The lowest BCUT2D eigenvalue weighted by Crippen LogP contribution is -2.45. The lowest BCUT2D eigenvalue weighted by atomic mass is 10.1. The average Bonchev–Trinajstić information content (AvgIpc) is 2.62. The largest absolute Gasteiger partial charge is 0.466 e. The third-order valence-electron chi connectivity index (χ3n) is 4.13. The number of fused-ring (bicyclic) bond motifs is 2. The van der Waals surface area contributed by atoms with E-state index in [9.17, 15) is 14.4 Å². The van der Waals surface area contributed by atoms with Crippen molar-refractivity contribution in [3.8, 4) is 0 Å². The van der Waals surface area contributed by atoms with E-state index in [0.717, 1.165) is 0 Å². The Bertz CT molecular complexity index is 912. The standard InChI is InChI=1S/C17H19ClN4O4/c1-2-26-15(23)5-7-19-17(25)21-8-6-13-12(10-21)16(24)22-9-11(18)3-4-14(22)20-13/h3-4,9H,2,5-8,10H2,1H3,(H,19,25). The van der Waals surface area contributed by atoms with Gasteiger partial charge in [-0.2, -0.15) is 0 Å². The highest BCUT2D eigenvalue weighted by molar-refractivity contribution is 6.30. The lowest BCUT2D eigenvalue weighted by Gasteiger charge is -2.28. The summed E-state index contributed by atoms with van der Waals surface area (Å²) in [6, 6.07) is 3.05. The fourth-order valence-corrected chi connectivity index (χ4v) is 3.02. The number of rotatable bonds is 4. The van der Waals surface area contributed by atoms with E-state index in [1.165, 1.54) is 15.5 Å². The van der Waals surface area contributed by atoms with Gasteiger partial charge in [-0.1, -0.05) is 11.6 Å². The third kappa shape index (κ3) is 3.80. The van der Waals surface area contributed by atoms with Crippen molar-refractivity contribution in [2.45, 2.75) is 26.3 Å². The molecule has 0 aliphatic carbocycles. The Hall–Kier alpha value is -2.61. The first kappa shape index (κ1) is 18.2. The van der Waals surface area contributed by atoms with Crippen LogP contribution in [0.5, 0.6) is 0 Å². The van der Waals surface area contributed by atoms with Crippen LogP contribution < -0.4 is 10.9 Å². The van der Waals surface area contributed by atoms with Crippen molar-refractivity contribution in [1.29, 1.82) is 0 Å². The van der Waals surface area contributed by atoms with E-state index in [-0.39, 0.29) is 37.1 Å². The molecule has 1 N–H and O–H groups in total. The van der Waals surface area contributed by atoms with Crippen LogP contribution in [0.15, 0.2) is 23.1 Å². The van der Waals surface area contributed by atoms with Crippen LogP contribution in [0.4, 0.5) is 4.79 Å². The van der Waals surface area contributed by atoms with Gasteiger partial charge in [0, 0.05) is 25.7 Å². The Morgan fingerprint density at radius 3 is 2.96 bits per heavy atom. The van der Waals surface area contributed by atoms with Crippen LogP contribution in [0.1, 0.15) is 24.6 Å². The highest BCUT2D eigenvalue weighted by Gasteiger charge is 2.25. The maximum atomic E-state index is 12.7. The molecule has 0 saturated carbocycles. The van der Waals surface area contributed by atoms with E-state index in [1.807, 2.05) is 0 Å². The van der Waals surface area contributed by atoms with E-state index in [4.69, 9.17) is 16.3 Å². The van der Waals surface area contributed by atoms with Gasteiger partial charge in [0.1, 0.15) is 5.65 Å². The minimum Gasteiger partial charge on any atom is -0.466 e. The number of pyridine rings is 1. The molecule has 0 atom stereocenters. The van der Waals surface area contributed by atoms with E-state index >= 15 is 0 Å². The van der Waals surface area contributed by atoms with Crippen molar-refractivity contribution in [2.24, 2.45) is 0 Å². The molecule has 1 aliphatic heterocycles. The van der Waals surface area contributed by atoms with Crippen molar-refractivity contribution in [2.75, 3.05) is 19.7 Å². The molecule has 26 heavy (non-hydrogen) atoms. The number of nitrogens with one attached hydrogen (secondary N) is 1. The van der Waals surface area contributed by atoms with Crippen LogP contribution >= 0.6 is 11.6 Å². The molecule has 0 unspecified atom stereocenters. The zero-order chi connectivity index (χ0) is 18.7. The van der Waals surface area contributed by atoms with Gasteiger partial charge < -0.3 is 15.0 Å². The van der Waals surface area contributed by atoms with Crippen molar-refractivity contribution in [1.82, 2.24) is 19.6 Å². The van der Waals surface area contributed by atoms with Gasteiger partial charge in [-0.05, 0) is 19.1 Å². The Balaban J connectivity index is 1.71. The summed E-state index contributed by atoms with van der Waals surface area (Å²) in [6.45, 7) is 2.84. The molecule has 3 heterocycles. The predicted molar refractivity (Wildman–Crippen MR) is 95.2 cm³/mol. The highest BCUT2D eigenvalue weighted by atomic mass is 35.5. The number of esters is 1. The number of carbonyl (C=O) groups is 2. The van der Waals surface area contributed by atoms with E-state index < -0.39 is 0 Å². The molecule has 0 radical (unpaired) electrons. The zero-order valence-corrected chi connectivity index (χ0v) is 15.1. The molecule has 0 bridgehead atoms. The predicted octanol–water partition coefficient (Wildman–Crippen LogP) is 1.37. The molecule has 8 nitrogen and oxygen atoms in total. The van der Waals surface area contributed by atoms with Gasteiger partial charge in [-0.15, -0.1) is 0 Å². The molecule has 2 aromatic heterocycles. The van der Waals surface area contributed by atoms with Crippen LogP contribution in [-0.2, 0) is 22.5 Å². The molecule has 0 spiro atoms. The molecule has 138 valence electrons. The van der Waals surface area contributed by atoms with E-state index in [1.54, 1.807) is 19.1 Å². The second-order valence-corrected chi connectivity index (χ2v) is 6.31. The molecule has 9 heteroatoms. The topological polar surface area (TPSA) is 93.0 Å². The van der Waals surface area contributed by atoms with Crippen LogP contribution in [0, 0.1) is 0 Å². The summed E-state index contributed by atoms with van der Waals surface area (Å²) < 4.78 is 6.21. The summed E-state index contributed by atoms with van der Waals surface area (Å²) in [7, 11) is 0. The molecule has 0 aromatic carbocycles. The highest BCUT2D eigenvalue weighted by Crippen LogP contribution is 2.16. The number of nitrogens with zero attached hydrogens (tertiary/aromatic N) is 3. The second kappa shape index (κ2) is 7.74. The van der Waals surface area contributed by atoms with Crippen LogP contribution in [0.25, 0.3) is 5.65 Å². The summed E-state index contributed by atoms with van der Waals surface area (Å²) in [4.78, 5) is 42.4. The first-order chi connectivity index (χ1) is 12.5. The molecule has 3 rings (SSSR count). The van der Waals surface area contributed by atoms with Gasteiger partial charge in [0.25, 0.3) is 5.56 Å². The van der Waals surface area contributed by atoms with Crippen molar-refractivity contribution < 1.29 is 14.3 Å². The Labute approximate surface area is 154 Å². The Kier molecular flexibility index (Phi) is 5.41. The zero-order valence-electron chi connectivity index (χ0n) is 14.3. The SMILES string of the molecule is CCOC(=O)CCNC(=O)N1CCc2nc3ccc(Cl)cn3c(=O)c2C1. The fraction of sp³-hybridized carbons (Fsp3) is 0.412. The number of urea groups is 1. The minimum atomic E-state index is -0.359. The van der Waals surface area contributed by atoms with Crippen LogP contribution in [-0.4, -0.2) is 46.0 Å². The first-order valence-electron chi connectivity index (χ1n) is 8.37. The smallest absolute Gasteiger partial charge is 0.317 e. The lowest BCUT2D eigenvalue weighted by molar-refractivity contribution is -0.142. The Morgan fingerprint density at radius 2 is 2.19 bits per heavy atom. The summed E-state index contributed by atoms with van der Waals surface area (Å²) >= 11 is 5.96. The van der Waals surface area contributed by atoms with Crippen LogP contribution in [0.2, 0.25) is 5.02 Å². The van der Waals surface area contributed by atoms with Gasteiger partial charge in [-0.3, -0.25) is 14.0 Å². The van der Waals surface area contributed by atoms with Gasteiger partial charge in [0.2, 0.25) is 0 Å². The van der Waals surface area contributed by atoms with Crippen molar-refractivity contribution in [3.05, 3.63) is 45.0 Å². The number of carbonyl (C=O) groups excluding carboxylic acids is 2. The van der Waals surface area contributed by atoms with Crippen molar-refractivity contribution in [3.63, 3.8) is 0 Å². The summed E-state index contributed by atoms with van der Waals surface area (Å²) in [5.41, 5.74) is 1.49. The molecule has 1 aliphatic rings. The molecule has 2 amide bonds. The maximum Gasteiger partial charge on any atom is 0.317 e. The maximum absolute atomic E-state index is 12.7. The normalized spacial score (nSPS) is 13.4. The fourth-order valence-electron chi connectivity index (χ4n) is 2.86. The number of halogens is 1. The quantitative estimate of drug-likeness (QED) is 0.811. The number of hydrogen-bond donors (Lipinski definition) is 1. The Morgan fingerprint density at radius 1 is 1.38 bits per heavy atom. The van der Waals surface area contributed by atoms with Gasteiger partial charge in [0.15, 0.2) is 0 Å². The van der Waals surface area contributed by atoms with Gasteiger partial charge in [0.05, 0.1) is 35.9 Å².